The molecule has 2 aliphatic carbocycles. The monoisotopic (exact) mass is 361 g/mol. The number of carbonyl (C=O) groups is 1. The van der Waals surface area contributed by atoms with Crippen LogP contribution in [-0.2, 0) is 28.4 Å². The summed E-state index contributed by atoms with van der Waals surface area (Å²) in [6.45, 7) is 13.8. The van der Waals surface area contributed by atoms with E-state index in [1.807, 2.05) is 43.8 Å². The first-order valence-electron chi connectivity index (χ1n) is 9.51. The highest BCUT2D eigenvalue weighted by molar-refractivity contribution is 5.98. The molecule has 3 aliphatic rings. The van der Waals surface area contributed by atoms with Gasteiger partial charge in [0.1, 0.15) is 0 Å². The fourth-order valence-electron chi connectivity index (χ4n) is 5.97. The van der Waals surface area contributed by atoms with Crippen LogP contribution in [0, 0.1) is 17.9 Å². The summed E-state index contributed by atoms with van der Waals surface area (Å²) < 4.78 is 7.85. The lowest BCUT2D eigenvalue weighted by Crippen LogP contribution is -2.59. The Morgan fingerprint density at radius 2 is 1.96 bits per heavy atom. The molecule has 0 radical (unpaired) electrons. The van der Waals surface area contributed by atoms with Gasteiger partial charge < -0.3 is 0 Å². The number of hydrogen-bond donors (Lipinski definition) is 0. The first kappa shape index (κ1) is 16.7. The Bertz CT molecular complexity index is 1020. The molecule has 1 aliphatic heterocycles. The molecule has 5 nitrogen and oxygen atoms in total. The third kappa shape index (κ3) is 1.77. The van der Waals surface area contributed by atoms with Crippen molar-refractivity contribution in [2.24, 2.45) is 18.4 Å². The Labute approximate surface area is 159 Å². The van der Waals surface area contributed by atoms with E-state index in [4.69, 9.17) is 16.4 Å². The molecule has 1 aromatic carbocycles. The van der Waals surface area contributed by atoms with Crippen molar-refractivity contribution < 1.29 is 9.53 Å². The molecule has 5 heteroatoms. The third-order valence-electron chi connectivity index (χ3n) is 7.20. The number of aromatic nitrogens is 2. The summed E-state index contributed by atoms with van der Waals surface area (Å²) >= 11 is 0. The molecule has 4 atom stereocenters. The molecule has 1 aromatic heterocycles. The standard InChI is InChI=1S/C22H23N3O2/c1-20(2)15-12-11-14-16(13-9-7-6-8-10-13)25(5)24-17(14)21(15,3)19-22(23-4,27-19)18(20)26/h6-10,15,19H,11-12H2,1-3,5H3/t15-,19+,21-,22-/m0/s1. The summed E-state index contributed by atoms with van der Waals surface area (Å²) in [5.41, 5.74) is 2.19. The molecule has 1 saturated heterocycles. The van der Waals surface area contributed by atoms with Gasteiger partial charge in [0.25, 0.3) is 5.78 Å². The highest BCUT2D eigenvalue weighted by atomic mass is 16.6. The normalized spacial score (nSPS) is 35.6. The van der Waals surface area contributed by atoms with Crippen LogP contribution in [0.4, 0.5) is 0 Å². The first-order chi connectivity index (χ1) is 12.8. The molecule has 5 rings (SSSR count). The van der Waals surface area contributed by atoms with Crippen LogP contribution in [0.1, 0.15) is 38.4 Å². The van der Waals surface area contributed by atoms with Crippen molar-refractivity contribution in [1.82, 2.24) is 9.78 Å². The fraction of sp³-hybridized carbons (Fsp3) is 0.500. The SMILES string of the molecule is [C-]#[N+][C@@]12O[C@@H]1[C@]1(C)c3nn(C)c(-c4ccccc4)c3CC[C@H]1C(C)(C)C2=O. The minimum absolute atomic E-state index is 0.0554. The molecule has 138 valence electrons. The highest BCUT2D eigenvalue weighted by Gasteiger charge is 2.86. The summed E-state index contributed by atoms with van der Waals surface area (Å²) in [6, 6.07) is 10.3. The summed E-state index contributed by atoms with van der Waals surface area (Å²) in [6.07, 6.45) is 1.40. The van der Waals surface area contributed by atoms with E-state index in [0.29, 0.717) is 0 Å². The van der Waals surface area contributed by atoms with Crippen molar-refractivity contribution in [3.8, 4) is 11.3 Å². The molecule has 1 saturated carbocycles. The summed E-state index contributed by atoms with van der Waals surface area (Å²) in [5, 5.41) is 4.94. The zero-order valence-corrected chi connectivity index (χ0v) is 16.1. The fourth-order valence-corrected chi connectivity index (χ4v) is 5.97. The second kappa shape index (κ2) is 4.88. The lowest BCUT2D eigenvalue weighted by Gasteiger charge is -2.49. The van der Waals surface area contributed by atoms with Gasteiger partial charge in [0.2, 0.25) is 0 Å². The van der Waals surface area contributed by atoms with Crippen LogP contribution >= 0.6 is 0 Å². The van der Waals surface area contributed by atoms with Crippen molar-refractivity contribution in [2.45, 2.75) is 50.9 Å². The molecule has 0 bridgehead atoms. The Morgan fingerprint density at radius 1 is 1.26 bits per heavy atom. The van der Waals surface area contributed by atoms with E-state index in [2.05, 4.69) is 23.9 Å². The van der Waals surface area contributed by atoms with E-state index in [1.165, 1.54) is 5.56 Å². The van der Waals surface area contributed by atoms with E-state index in [-0.39, 0.29) is 11.7 Å². The molecular weight excluding hydrogens is 338 g/mol. The van der Waals surface area contributed by atoms with Crippen LogP contribution < -0.4 is 0 Å². The van der Waals surface area contributed by atoms with E-state index in [1.54, 1.807) is 0 Å². The van der Waals surface area contributed by atoms with E-state index in [9.17, 15) is 4.79 Å². The van der Waals surface area contributed by atoms with Crippen LogP contribution in [0.5, 0.6) is 0 Å². The van der Waals surface area contributed by atoms with Gasteiger partial charge in [0, 0.05) is 23.6 Å². The van der Waals surface area contributed by atoms with Crippen LogP contribution in [0.15, 0.2) is 30.3 Å². The number of fused-ring (bicyclic) bond motifs is 5. The zero-order valence-electron chi connectivity index (χ0n) is 16.1. The summed E-state index contributed by atoms with van der Waals surface area (Å²) in [5.74, 6) is 0.0611. The average Bonchev–Trinajstić information content (AvgIpc) is 3.32. The van der Waals surface area contributed by atoms with E-state index < -0.39 is 22.7 Å². The maximum absolute atomic E-state index is 13.1. The van der Waals surface area contributed by atoms with Gasteiger partial charge in [-0.1, -0.05) is 51.1 Å². The van der Waals surface area contributed by atoms with Gasteiger partial charge in [-0.05, 0) is 18.8 Å². The number of carbonyl (C=O) groups excluding carboxylic acids is 1. The minimum atomic E-state index is -1.31. The van der Waals surface area contributed by atoms with Crippen molar-refractivity contribution >= 4 is 5.78 Å². The molecule has 0 spiro atoms. The Kier molecular flexibility index (Phi) is 3.02. The van der Waals surface area contributed by atoms with Crippen LogP contribution in [0.2, 0.25) is 0 Å². The number of hydrogen-bond acceptors (Lipinski definition) is 3. The molecule has 2 aromatic rings. The van der Waals surface area contributed by atoms with Gasteiger partial charge in [0.15, 0.2) is 6.10 Å². The Hall–Kier alpha value is -2.45. The maximum Gasteiger partial charge on any atom is 0.425 e. The van der Waals surface area contributed by atoms with Gasteiger partial charge in [-0.15, -0.1) is 0 Å². The van der Waals surface area contributed by atoms with Crippen LogP contribution in [0.3, 0.4) is 0 Å². The number of epoxide rings is 1. The highest BCUT2D eigenvalue weighted by Crippen LogP contribution is 2.66. The number of nitrogens with zero attached hydrogens (tertiary/aromatic N) is 3. The van der Waals surface area contributed by atoms with Gasteiger partial charge >= 0.3 is 5.72 Å². The lowest BCUT2D eigenvalue weighted by atomic mass is 9.50. The zero-order chi connectivity index (χ0) is 19.2. The van der Waals surface area contributed by atoms with Crippen molar-refractivity contribution in [3.05, 3.63) is 53.0 Å². The predicted octanol–water partition coefficient (Wildman–Crippen LogP) is 3.53. The molecule has 0 amide bonds. The van der Waals surface area contributed by atoms with Crippen molar-refractivity contribution in [1.29, 1.82) is 0 Å². The topological polar surface area (TPSA) is 51.8 Å². The molecule has 27 heavy (non-hydrogen) atoms. The average molecular weight is 361 g/mol. The van der Waals surface area contributed by atoms with Gasteiger partial charge in [0.05, 0.1) is 16.8 Å². The quantitative estimate of drug-likeness (QED) is 0.577. The van der Waals surface area contributed by atoms with Crippen molar-refractivity contribution in [3.63, 3.8) is 0 Å². The van der Waals surface area contributed by atoms with Crippen molar-refractivity contribution in [2.75, 3.05) is 0 Å². The van der Waals surface area contributed by atoms with Gasteiger partial charge in [-0.3, -0.25) is 19.1 Å². The number of Topliss-reactive ketones (excluding diaryl/α,β-unsaturated/α-hetero) is 1. The first-order valence-corrected chi connectivity index (χ1v) is 9.51. The maximum atomic E-state index is 13.1. The van der Waals surface area contributed by atoms with Crippen LogP contribution in [0.25, 0.3) is 16.1 Å². The smallest absolute Gasteiger partial charge is 0.287 e. The molecule has 2 fully saturated rings. The number of benzene rings is 1. The van der Waals surface area contributed by atoms with Gasteiger partial charge in [-0.25, -0.2) is 6.57 Å². The molecule has 0 N–H and O–H groups in total. The third-order valence-corrected chi connectivity index (χ3v) is 7.20. The largest absolute Gasteiger partial charge is 0.425 e. The van der Waals surface area contributed by atoms with E-state index in [0.717, 1.165) is 29.8 Å². The second-order valence-corrected chi connectivity index (χ2v) is 8.90. The molecule has 2 heterocycles. The molecular formula is C22H23N3O2. The van der Waals surface area contributed by atoms with Gasteiger partial charge in [-0.2, -0.15) is 5.10 Å². The number of aryl methyl sites for hydroxylation is 1. The van der Waals surface area contributed by atoms with Crippen LogP contribution in [-0.4, -0.2) is 27.4 Å². The number of ketones is 1. The Morgan fingerprint density at radius 3 is 2.63 bits per heavy atom. The molecule has 0 unspecified atom stereocenters. The summed E-state index contributed by atoms with van der Waals surface area (Å²) in [7, 11) is 1.98. The predicted molar refractivity (Wildman–Crippen MR) is 101 cm³/mol. The lowest BCUT2D eigenvalue weighted by molar-refractivity contribution is -0.138. The second-order valence-electron chi connectivity index (χ2n) is 8.90. The minimum Gasteiger partial charge on any atom is -0.287 e. The summed E-state index contributed by atoms with van der Waals surface area (Å²) in [4.78, 5) is 16.8. The Balaban J connectivity index is 1.73. The number of ether oxygens (including phenoxy) is 1. The number of rotatable bonds is 1. The van der Waals surface area contributed by atoms with E-state index >= 15 is 0 Å².